The molecule has 1 atom stereocenters. The second kappa shape index (κ2) is 5.55. The first-order valence-electron chi connectivity index (χ1n) is 4.96. The number of ketones is 1. The molecule has 0 radical (unpaired) electrons. The molecule has 1 aromatic rings. The summed E-state index contributed by atoms with van der Waals surface area (Å²) < 4.78 is 0. The second-order valence-corrected chi connectivity index (χ2v) is 3.44. The first kappa shape index (κ1) is 10.9. The summed E-state index contributed by atoms with van der Waals surface area (Å²) in [4.78, 5) is 11.1. The predicted octanol–water partition coefficient (Wildman–Crippen LogP) is 1.96. The van der Waals surface area contributed by atoms with Crippen LogP contribution in [0.5, 0.6) is 0 Å². The van der Waals surface area contributed by atoms with Crippen molar-refractivity contribution in [1.29, 1.82) is 0 Å². The van der Waals surface area contributed by atoms with E-state index in [9.17, 15) is 9.90 Å². The number of aliphatic hydroxyl groups is 1. The van der Waals surface area contributed by atoms with Crippen LogP contribution in [-0.4, -0.2) is 17.0 Å². The number of hydrogen-bond acceptors (Lipinski definition) is 2. The lowest BCUT2D eigenvalue weighted by Crippen LogP contribution is -2.15. The van der Waals surface area contributed by atoms with Crippen LogP contribution in [-0.2, 0) is 11.2 Å². The molecule has 0 saturated carbocycles. The summed E-state index contributed by atoms with van der Waals surface area (Å²) in [6.07, 6.45) is 0.800. The Kier molecular flexibility index (Phi) is 4.33. The standard InChI is InChI=1S/C12H16O2/c1-2-11(13)9-12(14)8-10-6-4-3-5-7-10/h3-7,12,14H,2,8-9H2,1H3. The topological polar surface area (TPSA) is 37.3 Å². The van der Waals surface area contributed by atoms with E-state index in [2.05, 4.69) is 0 Å². The Bertz CT molecular complexity index is 280. The van der Waals surface area contributed by atoms with E-state index in [4.69, 9.17) is 0 Å². The minimum atomic E-state index is -0.537. The van der Waals surface area contributed by atoms with Gasteiger partial charge in [0.25, 0.3) is 0 Å². The Morgan fingerprint density at radius 2 is 2.00 bits per heavy atom. The lowest BCUT2D eigenvalue weighted by Gasteiger charge is -2.08. The van der Waals surface area contributed by atoms with Gasteiger partial charge in [0.05, 0.1) is 6.10 Å². The monoisotopic (exact) mass is 192 g/mol. The highest BCUT2D eigenvalue weighted by atomic mass is 16.3. The molecule has 0 aliphatic rings. The quantitative estimate of drug-likeness (QED) is 0.774. The molecule has 0 bridgehead atoms. The summed E-state index contributed by atoms with van der Waals surface area (Å²) in [6, 6.07) is 9.72. The zero-order chi connectivity index (χ0) is 10.4. The van der Waals surface area contributed by atoms with Gasteiger partial charge in [0, 0.05) is 12.8 Å². The fourth-order valence-corrected chi connectivity index (χ4v) is 1.37. The first-order valence-corrected chi connectivity index (χ1v) is 4.96. The van der Waals surface area contributed by atoms with E-state index >= 15 is 0 Å². The van der Waals surface area contributed by atoms with Crippen molar-refractivity contribution < 1.29 is 9.90 Å². The van der Waals surface area contributed by atoms with Crippen LogP contribution < -0.4 is 0 Å². The van der Waals surface area contributed by atoms with Crippen molar-refractivity contribution in [1.82, 2.24) is 0 Å². The Morgan fingerprint density at radius 3 is 2.57 bits per heavy atom. The third kappa shape index (κ3) is 3.71. The van der Waals surface area contributed by atoms with Crippen molar-refractivity contribution in [2.24, 2.45) is 0 Å². The number of carbonyl (C=O) groups is 1. The highest BCUT2D eigenvalue weighted by molar-refractivity contribution is 5.78. The van der Waals surface area contributed by atoms with Gasteiger partial charge in [0.1, 0.15) is 5.78 Å². The SMILES string of the molecule is CCC(=O)CC(O)Cc1ccccc1. The van der Waals surface area contributed by atoms with Gasteiger partial charge in [0.15, 0.2) is 0 Å². The van der Waals surface area contributed by atoms with Crippen LogP contribution in [0, 0.1) is 0 Å². The minimum Gasteiger partial charge on any atom is -0.392 e. The molecule has 76 valence electrons. The van der Waals surface area contributed by atoms with Crippen LogP contribution in [0.3, 0.4) is 0 Å². The Labute approximate surface area is 84.6 Å². The molecular formula is C12H16O2. The average molecular weight is 192 g/mol. The van der Waals surface area contributed by atoms with Gasteiger partial charge < -0.3 is 5.11 Å². The number of aliphatic hydroxyl groups excluding tert-OH is 1. The molecule has 0 aliphatic heterocycles. The van der Waals surface area contributed by atoms with E-state index in [1.807, 2.05) is 37.3 Å². The molecule has 0 fully saturated rings. The number of carbonyl (C=O) groups excluding carboxylic acids is 1. The highest BCUT2D eigenvalue weighted by Gasteiger charge is 2.09. The van der Waals surface area contributed by atoms with E-state index in [0.717, 1.165) is 5.56 Å². The van der Waals surface area contributed by atoms with Crippen molar-refractivity contribution in [3.8, 4) is 0 Å². The maximum atomic E-state index is 11.1. The Balaban J connectivity index is 2.41. The van der Waals surface area contributed by atoms with Crippen LogP contribution in [0.15, 0.2) is 30.3 Å². The normalized spacial score (nSPS) is 12.4. The third-order valence-electron chi connectivity index (χ3n) is 2.17. The van der Waals surface area contributed by atoms with Gasteiger partial charge in [-0.15, -0.1) is 0 Å². The van der Waals surface area contributed by atoms with Crippen LogP contribution in [0.1, 0.15) is 25.3 Å². The van der Waals surface area contributed by atoms with Gasteiger partial charge in [-0.3, -0.25) is 4.79 Å². The summed E-state index contributed by atoms with van der Waals surface area (Å²) in [6.45, 7) is 1.82. The summed E-state index contributed by atoms with van der Waals surface area (Å²) in [7, 11) is 0. The Hall–Kier alpha value is -1.15. The summed E-state index contributed by atoms with van der Waals surface area (Å²) >= 11 is 0. The molecule has 0 saturated heterocycles. The molecule has 2 heteroatoms. The second-order valence-electron chi connectivity index (χ2n) is 3.44. The van der Waals surface area contributed by atoms with Crippen molar-refractivity contribution >= 4 is 5.78 Å². The predicted molar refractivity (Wildman–Crippen MR) is 56.1 cm³/mol. The fourth-order valence-electron chi connectivity index (χ4n) is 1.37. The molecule has 2 nitrogen and oxygen atoms in total. The van der Waals surface area contributed by atoms with Crippen molar-refractivity contribution in [3.05, 3.63) is 35.9 Å². The number of Topliss-reactive ketones (excluding diaryl/α,β-unsaturated/α-hetero) is 1. The van der Waals surface area contributed by atoms with E-state index in [1.165, 1.54) is 0 Å². The zero-order valence-electron chi connectivity index (χ0n) is 8.44. The maximum Gasteiger partial charge on any atom is 0.135 e. The number of hydrogen-bond donors (Lipinski definition) is 1. The van der Waals surface area contributed by atoms with Gasteiger partial charge in [-0.2, -0.15) is 0 Å². The smallest absolute Gasteiger partial charge is 0.135 e. The van der Waals surface area contributed by atoms with E-state index in [0.29, 0.717) is 12.8 Å². The van der Waals surface area contributed by atoms with Crippen LogP contribution in [0.25, 0.3) is 0 Å². The summed E-state index contributed by atoms with van der Waals surface area (Å²) in [5.74, 6) is 0.119. The highest BCUT2D eigenvalue weighted by Crippen LogP contribution is 2.06. The lowest BCUT2D eigenvalue weighted by molar-refractivity contribution is -0.120. The van der Waals surface area contributed by atoms with Gasteiger partial charge in [-0.05, 0) is 12.0 Å². The Morgan fingerprint density at radius 1 is 1.36 bits per heavy atom. The average Bonchev–Trinajstić information content (AvgIpc) is 2.19. The van der Waals surface area contributed by atoms with Crippen LogP contribution in [0.4, 0.5) is 0 Å². The van der Waals surface area contributed by atoms with Gasteiger partial charge in [-0.1, -0.05) is 37.3 Å². The fraction of sp³-hybridized carbons (Fsp3) is 0.417. The largest absolute Gasteiger partial charge is 0.392 e. The van der Waals surface area contributed by atoms with Gasteiger partial charge in [0.2, 0.25) is 0 Å². The van der Waals surface area contributed by atoms with E-state index in [-0.39, 0.29) is 12.2 Å². The summed E-state index contributed by atoms with van der Waals surface area (Å²) in [5, 5.41) is 9.58. The molecule has 0 amide bonds. The zero-order valence-corrected chi connectivity index (χ0v) is 8.44. The molecule has 0 aromatic heterocycles. The number of rotatable bonds is 5. The van der Waals surface area contributed by atoms with Crippen LogP contribution >= 0.6 is 0 Å². The van der Waals surface area contributed by atoms with Gasteiger partial charge >= 0.3 is 0 Å². The molecule has 1 N–H and O–H groups in total. The lowest BCUT2D eigenvalue weighted by atomic mass is 10.0. The van der Waals surface area contributed by atoms with Gasteiger partial charge in [-0.25, -0.2) is 0 Å². The minimum absolute atomic E-state index is 0.119. The maximum absolute atomic E-state index is 11.1. The molecule has 0 aliphatic carbocycles. The van der Waals surface area contributed by atoms with Crippen molar-refractivity contribution in [3.63, 3.8) is 0 Å². The van der Waals surface area contributed by atoms with Crippen LogP contribution in [0.2, 0.25) is 0 Å². The molecule has 1 rings (SSSR count). The molecule has 14 heavy (non-hydrogen) atoms. The van der Waals surface area contributed by atoms with Crippen molar-refractivity contribution in [2.75, 3.05) is 0 Å². The molecule has 0 heterocycles. The van der Waals surface area contributed by atoms with Crippen molar-refractivity contribution in [2.45, 2.75) is 32.3 Å². The molecule has 1 unspecified atom stereocenters. The number of benzene rings is 1. The first-order chi connectivity index (χ1) is 6.72. The molecule has 0 spiro atoms. The molecular weight excluding hydrogens is 176 g/mol. The molecule has 1 aromatic carbocycles. The summed E-state index contributed by atoms with van der Waals surface area (Å²) in [5.41, 5.74) is 1.07. The third-order valence-corrected chi connectivity index (χ3v) is 2.17. The van der Waals surface area contributed by atoms with E-state index < -0.39 is 6.10 Å². The van der Waals surface area contributed by atoms with E-state index in [1.54, 1.807) is 0 Å².